The van der Waals surface area contributed by atoms with Gasteiger partial charge in [-0.25, -0.2) is 9.98 Å². The average molecular weight is 416 g/mol. The van der Waals surface area contributed by atoms with Crippen LogP contribution in [0, 0.1) is 0 Å². The van der Waals surface area contributed by atoms with Crippen LogP contribution in [0.25, 0.3) is 0 Å². The van der Waals surface area contributed by atoms with Crippen LogP contribution in [-0.4, -0.2) is 28.9 Å². The highest BCUT2D eigenvalue weighted by atomic mass is 32.1. The first-order valence-electron chi connectivity index (χ1n) is 10.1. The van der Waals surface area contributed by atoms with Gasteiger partial charge in [-0.15, -0.1) is 11.3 Å². The Labute approximate surface area is 178 Å². The molecule has 0 bridgehead atoms. The summed E-state index contributed by atoms with van der Waals surface area (Å²) in [5.41, 5.74) is 2.49. The molecule has 158 valence electrons. The first-order chi connectivity index (χ1) is 13.7. The monoisotopic (exact) mass is 415 g/mol. The topological polar surface area (TPSA) is 78.4 Å². The molecule has 0 fully saturated rings. The molecule has 1 aromatic heterocycles. The van der Waals surface area contributed by atoms with Crippen LogP contribution in [0.5, 0.6) is 0 Å². The maximum atomic E-state index is 12.4. The third-order valence-corrected chi connectivity index (χ3v) is 4.88. The molecule has 1 amide bonds. The Kier molecular flexibility index (Phi) is 8.20. The second-order valence-corrected chi connectivity index (χ2v) is 9.22. The van der Waals surface area contributed by atoms with Gasteiger partial charge >= 0.3 is 0 Å². The molecule has 2 rings (SSSR count). The minimum absolute atomic E-state index is 0.0712. The van der Waals surface area contributed by atoms with Crippen molar-refractivity contribution in [3.63, 3.8) is 0 Å². The van der Waals surface area contributed by atoms with Crippen molar-refractivity contribution in [2.75, 3.05) is 6.54 Å². The number of nitrogens with zero attached hydrogens (tertiary/aromatic N) is 2. The number of guanidine groups is 1. The van der Waals surface area contributed by atoms with Crippen molar-refractivity contribution < 1.29 is 4.79 Å². The molecule has 3 N–H and O–H groups in total. The summed E-state index contributed by atoms with van der Waals surface area (Å²) >= 11 is 1.66. The molecule has 0 unspecified atom stereocenters. The van der Waals surface area contributed by atoms with Crippen molar-refractivity contribution in [2.24, 2.45) is 4.99 Å². The lowest BCUT2D eigenvalue weighted by molar-refractivity contribution is 0.0919. The smallest absolute Gasteiger partial charge is 0.251 e. The Bertz CT molecular complexity index is 836. The molecule has 1 heterocycles. The fourth-order valence-electron chi connectivity index (χ4n) is 2.57. The van der Waals surface area contributed by atoms with Gasteiger partial charge in [-0.05, 0) is 51.3 Å². The van der Waals surface area contributed by atoms with Crippen LogP contribution in [0.4, 0.5) is 0 Å². The quantitative estimate of drug-likeness (QED) is 0.471. The minimum atomic E-state index is -0.265. The van der Waals surface area contributed by atoms with Crippen molar-refractivity contribution in [3.8, 4) is 0 Å². The first kappa shape index (κ1) is 22.9. The molecule has 6 nitrogen and oxygen atoms in total. The standard InChI is InChI=1S/C22H33N5OS/c1-7-23-21(25-13-19-26-18(14-29-19)15(2)3)24-12-16-9-8-10-17(11-16)20(28)27-22(4,5)6/h8-11,14-15H,7,12-13H2,1-6H3,(H,27,28)(H2,23,24,25). The number of thiazole rings is 1. The van der Waals surface area contributed by atoms with Crippen molar-refractivity contribution in [1.82, 2.24) is 20.9 Å². The summed E-state index contributed by atoms with van der Waals surface area (Å²) in [5.74, 6) is 1.10. The van der Waals surface area contributed by atoms with Crippen LogP contribution in [0.1, 0.15) is 74.1 Å². The summed E-state index contributed by atoms with van der Waals surface area (Å²) in [6, 6.07) is 7.60. The zero-order valence-corrected chi connectivity index (χ0v) is 19.1. The zero-order valence-electron chi connectivity index (χ0n) is 18.3. The fraction of sp³-hybridized carbons (Fsp3) is 0.500. The Morgan fingerprint density at radius 3 is 2.62 bits per heavy atom. The highest BCUT2D eigenvalue weighted by Crippen LogP contribution is 2.17. The molecule has 29 heavy (non-hydrogen) atoms. The number of amides is 1. The lowest BCUT2D eigenvalue weighted by Crippen LogP contribution is -2.40. The molecule has 2 aromatic rings. The highest BCUT2D eigenvalue weighted by Gasteiger charge is 2.15. The van der Waals surface area contributed by atoms with Crippen LogP contribution in [-0.2, 0) is 13.1 Å². The highest BCUT2D eigenvalue weighted by molar-refractivity contribution is 7.09. The van der Waals surface area contributed by atoms with E-state index in [-0.39, 0.29) is 11.4 Å². The zero-order chi connectivity index (χ0) is 21.4. The van der Waals surface area contributed by atoms with Gasteiger partial charge in [-0.1, -0.05) is 26.0 Å². The fourth-order valence-corrected chi connectivity index (χ4v) is 3.46. The second kappa shape index (κ2) is 10.4. The molecular formula is C22H33N5OS. The third-order valence-electron chi connectivity index (χ3n) is 4.01. The number of aliphatic imine (C=N–C) groups is 1. The molecule has 0 saturated carbocycles. The summed E-state index contributed by atoms with van der Waals surface area (Å²) in [6.07, 6.45) is 0. The van der Waals surface area contributed by atoms with E-state index < -0.39 is 0 Å². The van der Waals surface area contributed by atoms with Crippen molar-refractivity contribution >= 4 is 23.2 Å². The predicted octanol–water partition coefficient (Wildman–Crippen LogP) is 4.05. The molecular weight excluding hydrogens is 382 g/mol. The van der Waals surface area contributed by atoms with E-state index in [1.54, 1.807) is 11.3 Å². The average Bonchev–Trinajstić information content (AvgIpc) is 3.12. The number of benzene rings is 1. The summed E-state index contributed by atoms with van der Waals surface area (Å²) < 4.78 is 0. The summed E-state index contributed by atoms with van der Waals surface area (Å²) in [4.78, 5) is 21.7. The Morgan fingerprint density at radius 1 is 1.24 bits per heavy atom. The van der Waals surface area contributed by atoms with Gasteiger partial charge in [0.1, 0.15) is 5.01 Å². The van der Waals surface area contributed by atoms with E-state index in [9.17, 15) is 4.79 Å². The van der Waals surface area contributed by atoms with E-state index >= 15 is 0 Å². The number of hydrogen-bond donors (Lipinski definition) is 3. The number of hydrogen-bond acceptors (Lipinski definition) is 4. The molecule has 0 aliphatic heterocycles. The third kappa shape index (κ3) is 7.85. The van der Waals surface area contributed by atoms with E-state index in [1.165, 1.54) is 0 Å². The Morgan fingerprint density at radius 2 is 2.00 bits per heavy atom. The van der Waals surface area contributed by atoms with Gasteiger partial charge in [0.15, 0.2) is 5.96 Å². The molecule has 0 radical (unpaired) electrons. The van der Waals surface area contributed by atoms with Crippen LogP contribution < -0.4 is 16.0 Å². The van der Waals surface area contributed by atoms with Gasteiger partial charge in [0, 0.05) is 23.0 Å². The summed E-state index contributed by atoms with van der Waals surface area (Å²) in [7, 11) is 0. The number of carbonyl (C=O) groups excluding carboxylic acids is 1. The lowest BCUT2D eigenvalue weighted by atomic mass is 10.1. The number of carbonyl (C=O) groups is 1. The molecule has 0 saturated heterocycles. The molecule has 0 aliphatic rings. The summed E-state index contributed by atoms with van der Waals surface area (Å²) in [5, 5.41) is 12.7. The molecule has 0 aliphatic carbocycles. The predicted molar refractivity (Wildman–Crippen MR) is 122 cm³/mol. The van der Waals surface area contributed by atoms with E-state index in [2.05, 4.69) is 45.2 Å². The van der Waals surface area contributed by atoms with Crippen molar-refractivity contribution in [2.45, 2.75) is 66.1 Å². The Balaban J connectivity index is 2.01. The van der Waals surface area contributed by atoms with E-state index in [0.717, 1.165) is 28.8 Å². The number of aromatic nitrogens is 1. The lowest BCUT2D eigenvalue weighted by Gasteiger charge is -2.20. The van der Waals surface area contributed by atoms with Crippen LogP contribution in [0.15, 0.2) is 34.6 Å². The maximum Gasteiger partial charge on any atom is 0.251 e. The van der Waals surface area contributed by atoms with Gasteiger partial charge in [-0.2, -0.15) is 0 Å². The van der Waals surface area contributed by atoms with Gasteiger partial charge in [0.2, 0.25) is 0 Å². The van der Waals surface area contributed by atoms with E-state index in [1.807, 2.05) is 52.0 Å². The maximum absolute atomic E-state index is 12.4. The van der Waals surface area contributed by atoms with Gasteiger partial charge in [-0.3, -0.25) is 4.79 Å². The SMILES string of the molecule is CCNC(=NCc1cccc(C(=O)NC(C)(C)C)c1)NCc1nc(C(C)C)cs1. The van der Waals surface area contributed by atoms with Crippen molar-refractivity contribution in [3.05, 3.63) is 51.5 Å². The van der Waals surface area contributed by atoms with Gasteiger partial charge in [0.25, 0.3) is 5.91 Å². The van der Waals surface area contributed by atoms with E-state index in [4.69, 9.17) is 0 Å². The molecule has 0 spiro atoms. The second-order valence-electron chi connectivity index (χ2n) is 8.27. The molecule has 7 heteroatoms. The van der Waals surface area contributed by atoms with Crippen LogP contribution in [0.2, 0.25) is 0 Å². The number of nitrogens with one attached hydrogen (secondary N) is 3. The van der Waals surface area contributed by atoms with Gasteiger partial charge in [0.05, 0.1) is 18.8 Å². The van der Waals surface area contributed by atoms with Crippen LogP contribution in [0.3, 0.4) is 0 Å². The summed E-state index contributed by atoms with van der Waals surface area (Å²) in [6.45, 7) is 14.1. The Hall–Kier alpha value is -2.41. The molecule has 1 aromatic carbocycles. The minimum Gasteiger partial charge on any atom is -0.357 e. The van der Waals surface area contributed by atoms with E-state index in [0.29, 0.717) is 24.6 Å². The molecule has 0 atom stereocenters. The first-order valence-corrected chi connectivity index (χ1v) is 10.9. The van der Waals surface area contributed by atoms with Crippen molar-refractivity contribution in [1.29, 1.82) is 0 Å². The largest absolute Gasteiger partial charge is 0.357 e. The van der Waals surface area contributed by atoms with Gasteiger partial charge < -0.3 is 16.0 Å². The van der Waals surface area contributed by atoms with Crippen LogP contribution >= 0.6 is 11.3 Å². The number of rotatable bonds is 7. The normalized spacial score (nSPS) is 12.2.